The Hall–Kier alpha value is -3.44. The van der Waals surface area contributed by atoms with Crippen LogP contribution < -0.4 is 4.90 Å². The average Bonchev–Trinajstić information content (AvgIpc) is 3.61. The lowest BCUT2D eigenvalue weighted by atomic mass is 10.1. The average molecular weight is 536 g/mol. The quantitative estimate of drug-likeness (QED) is 0.419. The Kier molecular flexibility index (Phi) is 5.60. The van der Waals surface area contributed by atoms with Gasteiger partial charge < -0.3 is 4.90 Å². The number of urea groups is 1. The second-order valence-electron chi connectivity index (χ2n) is 8.54. The van der Waals surface area contributed by atoms with Crippen molar-refractivity contribution in [2.24, 2.45) is 0 Å². The molecule has 1 aromatic heterocycles. The Labute approximate surface area is 209 Å². The topological polar surface area (TPSA) is 87.7 Å². The van der Waals surface area contributed by atoms with E-state index in [1.165, 1.54) is 4.90 Å². The number of rotatable bonds is 5. The van der Waals surface area contributed by atoms with E-state index in [0.717, 1.165) is 40.3 Å². The number of nitrogens with zero attached hydrogens (tertiary/aromatic N) is 3. The molecular formula is C24H17ClF3N3O4S. The number of imide groups is 1. The van der Waals surface area contributed by atoms with Crippen molar-refractivity contribution in [3.8, 4) is 11.3 Å². The summed E-state index contributed by atoms with van der Waals surface area (Å²) in [6, 6.07) is 13.5. The molecule has 3 amide bonds. The highest BCUT2D eigenvalue weighted by Gasteiger charge is 2.65. The van der Waals surface area contributed by atoms with Crippen LogP contribution in [0.25, 0.3) is 11.3 Å². The fourth-order valence-corrected chi connectivity index (χ4v) is 5.18. The largest absolute Gasteiger partial charge is 0.501 e. The van der Waals surface area contributed by atoms with E-state index in [1.54, 1.807) is 36.5 Å². The second kappa shape index (κ2) is 8.31. The number of carbonyl (C=O) groups is 2. The number of halogens is 4. The van der Waals surface area contributed by atoms with Crippen LogP contribution in [0, 0.1) is 0 Å². The van der Waals surface area contributed by atoms with Crippen LogP contribution in [0.15, 0.2) is 71.8 Å². The zero-order valence-electron chi connectivity index (χ0n) is 18.4. The van der Waals surface area contributed by atoms with E-state index >= 15 is 0 Å². The molecule has 2 aliphatic rings. The van der Waals surface area contributed by atoms with E-state index in [1.807, 2.05) is 6.07 Å². The highest BCUT2D eigenvalue weighted by Crippen LogP contribution is 2.50. The Morgan fingerprint density at radius 1 is 1.00 bits per heavy atom. The monoisotopic (exact) mass is 535 g/mol. The van der Waals surface area contributed by atoms with E-state index in [0.29, 0.717) is 23.6 Å². The molecule has 0 radical (unpaired) electrons. The third kappa shape index (κ3) is 3.92. The minimum Gasteiger partial charge on any atom is -0.305 e. The molecule has 0 unspecified atom stereocenters. The summed E-state index contributed by atoms with van der Waals surface area (Å²) < 4.78 is 61.8. The number of alkyl halides is 3. The molecule has 2 aromatic carbocycles. The molecule has 0 bridgehead atoms. The zero-order valence-corrected chi connectivity index (χ0v) is 19.9. The van der Waals surface area contributed by atoms with Crippen molar-refractivity contribution >= 4 is 39.1 Å². The van der Waals surface area contributed by atoms with Crippen LogP contribution in [0.4, 0.5) is 23.7 Å². The summed E-state index contributed by atoms with van der Waals surface area (Å²) in [7, 11) is -5.55. The van der Waals surface area contributed by atoms with Gasteiger partial charge in [-0.05, 0) is 66.9 Å². The first kappa shape index (κ1) is 24.3. The molecule has 0 atom stereocenters. The molecule has 2 fully saturated rings. The van der Waals surface area contributed by atoms with E-state index in [9.17, 15) is 31.2 Å². The Morgan fingerprint density at radius 2 is 1.69 bits per heavy atom. The lowest BCUT2D eigenvalue weighted by Crippen LogP contribution is -2.36. The van der Waals surface area contributed by atoms with Gasteiger partial charge in [0.15, 0.2) is 0 Å². The minimum atomic E-state index is -5.55. The number of sulfone groups is 1. The van der Waals surface area contributed by atoms with Gasteiger partial charge in [-0.3, -0.25) is 9.78 Å². The third-order valence-corrected chi connectivity index (χ3v) is 8.00. The molecule has 1 saturated carbocycles. The minimum absolute atomic E-state index is 0.00533. The number of pyridine rings is 1. The number of amides is 3. The number of hydrogen-bond acceptors (Lipinski definition) is 5. The van der Waals surface area contributed by atoms with Crippen molar-refractivity contribution in [2.45, 2.75) is 35.3 Å². The lowest BCUT2D eigenvalue weighted by Gasteiger charge is -2.21. The third-order valence-electron chi connectivity index (χ3n) is 6.26. The molecule has 1 spiro atoms. The van der Waals surface area contributed by atoms with Gasteiger partial charge in [-0.25, -0.2) is 18.1 Å². The summed E-state index contributed by atoms with van der Waals surface area (Å²) in [6.07, 6.45) is 2.48. The maximum absolute atomic E-state index is 13.3. The van der Waals surface area contributed by atoms with Crippen LogP contribution in [-0.4, -0.2) is 41.3 Å². The number of carbonyl (C=O) groups excluding carboxylic acids is 2. The van der Waals surface area contributed by atoms with Gasteiger partial charge in [0.05, 0.1) is 16.3 Å². The fourth-order valence-electron chi connectivity index (χ4n) is 4.23. The van der Waals surface area contributed by atoms with E-state index in [4.69, 9.17) is 11.6 Å². The molecule has 1 saturated heterocycles. The zero-order chi connectivity index (χ0) is 25.9. The predicted molar refractivity (Wildman–Crippen MR) is 125 cm³/mol. The first-order valence-corrected chi connectivity index (χ1v) is 12.6. The summed E-state index contributed by atoms with van der Waals surface area (Å²) in [4.78, 5) is 32.2. The van der Waals surface area contributed by atoms with Crippen molar-refractivity contribution in [1.29, 1.82) is 0 Å². The normalized spacial score (nSPS) is 17.2. The highest BCUT2D eigenvalue weighted by molar-refractivity contribution is 7.92. The van der Waals surface area contributed by atoms with Crippen LogP contribution in [0.2, 0.25) is 5.02 Å². The molecule has 186 valence electrons. The number of anilines is 1. The van der Waals surface area contributed by atoms with E-state index < -0.39 is 37.7 Å². The van der Waals surface area contributed by atoms with Gasteiger partial charge in [-0.2, -0.15) is 13.2 Å². The molecular weight excluding hydrogens is 519 g/mol. The molecule has 2 heterocycles. The molecule has 12 heteroatoms. The van der Waals surface area contributed by atoms with Crippen LogP contribution in [0.1, 0.15) is 18.4 Å². The van der Waals surface area contributed by atoms with E-state index in [-0.39, 0.29) is 12.2 Å². The van der Waals surface area contributed by atoms with Gasteiger partial charge in [0.25, 0.3) is 15.7 Å². The molecule has 1 aliphatic heterocycles. The summed E-state index contributed by atoms with van der Waals surface area (Å²) in [5.41, 5.74) is -4.36. The summed E-state index contributed by atoms with van der Waals surface area (Å²) in [6.45, 7) is 0.109. The summed E-state index contributed by atoms with van der Waals surface area (Å²) >= 11 is 6.07. The van der Waals surface area contributed by atoms with Gasteiger partial charge in [0.1, 0.15) is 5.54 Å². The first-order chi connectivity index (χ1) is 16.9. The fraction of sp³-hybridized carbons (Fsp3) is 0.208. The lowest BCUT2D eigenvalue weighted by molar-refractivity contribution is -0.120. The van der Waals surface area contributed by atoms with Gasteiger partial charge in [0.2, 0.25) is 0 Å². The Morgan fingerprint density at radius 3 is 2.31 bits per heavy atom. The molecule has 1 aliphatic carbocycles. The van der Waals surface area contributed by atoms with Gasteiger partial charge in [-0.15, -0.1) is 0 Å². The number of aromatic nitrogens is 1. The maximum Gasteiger partial charge on any atom is 0.501 e. The van der Waals surface area contributed by atoms with Crippen LogP contribution >= 0.6 is 11.6 Å². The highest BCUT2D eigenvalue weighted by atomic mass is 35.5. The number of hydrogen-bond donors (Lipinski definition) is 0. The Balaban J connectivity index is 1.42. The van der Waals surface area contributed by atoms with Crippen LogP contribution in [-0.2, 0) is 21.2 Å². The Bertz CT molecular complexity index is 1490. The van der Waals surface area contributed by atoms with Crippen LogP contribution in [0.3, 0.4) is 0 Å². The van der Waals surface area contributed by atoms with Gasteiger partial charge in [-0.1, -0.05) is 23.7 Å². The van der Waals surface area contributed by atoms with E-state index in [2.05, 4.69) is 4.98 Å². The summed E-state index contributed by atoms with van der Waals surface area (Å²) in [5.74, 6) is -0.497. The molecule has 0 N–H and O–H groups in total. The predicted octanol–water partition coefficient (Wildman–Crippen LogP) is 5.20. The van der Waals surface area contributed by atoms with Crippen molar-refractivity contribution in [3.63, 3.8) is 0 Å². The maximum atomic E-state index is 13.3. The first-order valence-electron chi connectivity index (χ1n) is 10.7. The van der Waals surface area contributed by atoms with Gasteiger partial charge >= 0.3 is 11.5 Å². The SMILES string of the molecule is O=C1N(c2ccc(S(=O)(=O)C(F)(F)F)cc2)C(=O)C2(CC2)N1Cc1ccnc(-c2cccc(Cl)c2)c1. The van der Waals surface area contributed by atoms with Crippen molar-refractivity contribution in [3.05, 3.63) is 77.4 Å². The smallest absolute Gasteiger partial charge is 0.305 e. The molecule has 7 nitrogen and oxygen atoms in total. The molecule has 5 rings (SSSR count). The van der Waals surface area contributed by atoms with Gasteiger partial charge in [0, 0.05) is 23.3 Å². The number of benzene rings is 2. The molecule has 36 heavy (non-hydrogen) atoms. The van der Waals surface area contributed by atoms with Crippen molar-refractivity contribution in [1.82, 2.24) is 9.88 Å². The second-order valence-corrected chi connectivity index (χ2v) is 10.9. The van der Waals surface area contributed by atoms with Crippen molar-refractivity contribution < 1.29 is 31.2 Å². The van der Waals surface area contributed by atoms with Crippen molar-refractivity contribution in [2.75, 3.05) is 4.90 Å². The van der Waals surface area contributed by atoms with Crippen LogP contribution in [0.5, 0.6) is 0 Å². The molecule has 3 aromatic rings. The summed E-state index contributed by atoms with van der Waals surface area (Å²) in [5, 5.41) is 0.543. The standard InChI is InChI=1S/C24H17ClF3N3O4S/c25-17-3-1-2-16(13-17)20-12-15(8-11-29-20)14-30-22(33)31(21(32)23(30)9-10-23)18-4-6-19(7-5-18)36(34,35)24(26,27)28/h1-8,11-13H,9-10,14H2.